The van der Waals surface area contributed by atoms with E-state index < -0.39 is 5.97 Å². The topological polar surface area (TPSA) is 54.7 Å². The Bertz CT molecular complexity index is 450. The molecule has 0 aliphatic carbocycles. The number of nitrogens with zero attached hydrogens (tertiary/aromatic N) is 1. The summed E-state index contributed by atoms with van der Waals surface area (Å²) in [5, 5.41) is 3.40. The van der Waals surface area contributed by atoms with Crippen LogP contribution in [0.5, 0.6) is 0 Å². The number of rotatable bonds is 6. The molecule has 1 aromatic heterocycles. The standard InChI is InChI=1S/C16H26N2O3/c1-12(2)18(10-13-4-7-17-8-5-13)11-14-6-9-21-15(14)16(19)20-3/h6,9,12-13,17H,4-5,7-8,10-11H2,1-3H3. The largest absolute Gasteiger partial charge is 0.463 e. The second-order valence-electron chi connectivity index (χ2n) is 5.98. The van der Waals surface area contributed by atoms with E-state index in [-0.39, 0.29) is 0 Å². The Hall–Kier alpha value is -1.33. The highest BCUT2D eigenvalue weighted by molar-refractivity contribution is 5.87. The van der Waals surface area contributed by atoms with Crippen molar-refractivity contribution in [3.63, 3.8) is 0 Å². The Labute approximate surface area is 126 Å². The molecule has 1 aliphatic rings. The first-order valence-electron chi connectivity index (χ1n) is 7.71. The number of furan rings is 1. The average molecular weight is 294 g/mol. The first kappa shape index (κ1) is 16.0. The fourth-order valence-corrected chi connectivity index (χ4v) is 2.80. The van der Waals surface area contributed by atoms with Gasteiger partial charge in [-0.15, -0.1) is 0 Å². The molecule has 2 heterocycles. The van der Waals surface area contributed by atoms with Crippen LogP contribution < -0.4 is 5.32 Å². The van der Waals surface area contributed by atoms with Crippen molar-refractivity contribution in [3.05, 3.63) is 23.7 Å². The minimum absolute atomic E-state index is 0.327. The lowest BCUT2D eigenvalue weighted by molar-refractivity contribution is 0.0560. The molecule has 1 aliphatic heterocycles. The zero-order valence-electron chi connectivity index (χ0n) is 13.2. The Morgan fingerprint density at radius 2 is 2.19 bits per heavy atom. The molecule has 2 rings (SSSR count). The van der Waals surface area contributed by atoms with Crippen LogP contribution >= 0.6 is 0 Å². The lowest BCUT2D eigenvalue weighted by atomic mass is 9.97. The quantitative estimate of drug-likeness (QED) is 0.816. The van der Waals surface area contributed by atoms with Crippen LogP contribution in [0.3, 0.4) is 0 Å². The van der Waals surface area contributed by atoms with Gasteiger partial charge in [0.05, 0.1) is 13.4 Å². The second kappa shape index (κ2) is 7.61. The summed E-state index contributed by atoms with van der Waals surface area (Å²) in [5.41, 5.74) is 0.907. The van der Waals surface area contributed by atoms with Crippen LogP contribution in [0.25, 0.3) is 0 Å². The summed E-state index contributed by atoms with van der Waals surface area (Å²) in [6.07, 6.45) is 4.00. The van der Waals surface area contributed by atoms with Crippen molar-refractivity contribution in [3.8, 4) is 0 Å². The van der Waals surface area contributed by atoms with Gasteiger partial charge in [-0.1, -0.05) is 0 Å². The summed E-state index contributed by atoms with van der Waals surface area (Å²) >= 11 is 0. The maximum absolute atomic E-state index is 11.7. The monoisotopic (exact) mass is 294 g/mol. The van der Waals surface area contributed by atoms with E-state index in [4.69, 9.17) is 9.15 Å². The smallest absolute Gasteiger partial charge is 0.374 e. The minimum atomic E-state index is -0.402. The normalized spacial score (nSPS) is 16.6. The Balaban J connectivity index is 2.02. The lowest BCUT2D eigenvalue weighted by Gasteiger charge is -2.32. The zero-order chi connectivity index (χ0) is 15.2. The van der Waals surface area contributed by atoms with E-state index in [1.54, 1.807) is 6.26 Å². The summed E-state index contributed by atoms with van der Waals surface area (Å²) in [7, 11) is 1.38. The van der Waals surface area contributed by atoms with E-state index in [0.717, 1.165) is 37.7 Å². The molecule has 5 nitrogen and oxygen atoms in total. The van der Waals surface area contributed by atoms with E-state index in [9.17, 15) is 4.79 Å². The van der Waals surface area contributed by atoms with Crippen molar-refractivity contribution in [2.45, 2.75) is 39.3 Å². The van der Waals surface area contributed by atoms with Gasteiger partial charge in [-0.2, -0.15) is 0 Å². The molecule has 21 heavy (non-hydrogen) atoms. The highest BCUT2D eigenvalue weighted by atomic mass is 16.5. The van der Waals surface area contributed by atoms with Crippen LogP contribution in [0.2, 0.25) is 0 Å². The van der Waals surface area contributed by atoms with Crippen molar-refractivity contribution in [1.82, 2.24) is 10.2 Å². The number of esters is 1. The van der Waals surface area contributed by atoms with Crippen LogP contribution in [-0.2, 0) is 11.3 Å². The second-order valence-corrected chi connectivity index (χ2v) is 5.98. The van der Waals surface area contributed by atoms with Crippen LogP contribution in [0, 0.1) is 5.92 Å². The molecule has 0 unspecified atom stereocenters. The fraction of sp³-hybridized carbons (Fsp3) is 0.688. The zero-order valence-corrected chi connectivity index (χ0v) is 13.2. The van der Waals surface area contributed by atoms with Gasteiger partial charge in [-0.25, -0.2) is 4.79 Å². The fourth-order valence-electron chi connectivity index (χ4n) is 2.80. The third kappa shape index (κ3) is 4.32. The van der Waals surface area contributed by atoms with Crippen molar-refractivity contribution in [1.29, 1.82) is 0 Å². The predicted molar refractivity (Wildman–Crippen MR) is 81.2 cm³/mol. The Kier molecular flexibility index (Phi) is 5.82. The maximum Gasteiger partial charge on any atom is 0.374 e. The first-order valence-corrected chi connectivity index (χ1v) is 7.71. The van der Waals surface area contributed by atoms with Gasteiger partial charge in [0.25, 0.3) is 0 Å². The molecule has 1 N–H and O–H groups in total. The molecule has 1 saturated heterocycles. The molecule has 0 bridgehead atoms. The molecule has 0 spiro atoms. The van der Waals surface area contributed by atoms with Crippen molar-refractivity contribution in [2.75, 3.05) is 26.7 Å². The number of methoxy groups -OCH3 is 1. The van der Waals surface area contributed by atoms with Crippen molar-refractivity contribution >= 4 is 5.97 Å². The molecule has 1 aromatic rings. The van der Waals surface area contributed by atoms with Crippen molar-refractivity contribution in [2.24, 2.45) is 5.92 Å². The summed E-state index contributed by atoms with van der Waals surface area (Å²) in [6, 6.07) is 2.30. The summed E-state index contributed by atoms with van der Waals surface area (Å²) in [4.78, 5) is 14.1. The molecule has 0 amide bonds. The van der Waals surface area contributed by atoms with Gasteiger partial charge >= 0.3 is 5.97 Å². The van der Waals surface area contributed by atoms with Gasteiger partial charge in [0.15, 0.2) is 0 Å². The van der Waals surface area contributed by atoms with Crippen LogP contribution in [-0.4, -0.2) is 43.7 Å². The van der Waals surface area contributed by atoms with Gasteiger partial charge in [-0.05, 0) is 51.8 Å². The van der Waals surface area contributed by atoms with Gasteiger partial charge in [0.2, 0.25) is 5.76 Å². The number of piperidine rings is 1. The van der Waals surface area contributed by atoms with E-state index >= 15 is 0 Å². The number of ether oxygens (including phenoxy) is 1. The minimum Gasteiger partial charge on any atom is -0.463 e. The first-order chi connectivity index (χ1) is 10.1. The van der Waals surface area contributed by atoms with E-state index in [0.29, 0.717) is 11.8 Å². The Morgan fingerprint density at radius 1 is 1.48 bits per heavy atom. The van der Waals surface area contributed by atoms with Gasteiger partial charge in [0, 0.05) is 24.7 Å². The van der Waals surface area contributed by atoms with Crippen LogP contribution in [0.1, 0.15) is 42.8 Å². The van der Waals surface area contributed by atoms with Crippen molar-refractivity contribution < 1.29 is 13.9 Å². The SMILES string of the molecule is COC(=O)c1occc1CN(CC1CCNCC1)C(C)C. The van der Waals surface area contributed by atoms with Gasteiger partial charge in [0.1, 0.15) is 0 Å². The molecule has 1 fully saturated rings. The maximum atomic E-state index is 11.7. The third-order valence-electron chi connectivity index (χ3n) is 4.17. The number of hydrogen-bond acceptors (Lipinski definition) is 5. The summed E-state index contributed by atoms with van der Waals surface area (Å²) in [6.45, 7) is 8.39. The van der Waals surface area contributed by atoms with E-state index in [2.05, 4.69) is 24.1 Å². The van der Waals surface area contributed by atoms with Gasteiger partial charge in [-0.3, -0.25) is 4.90 Å². The highest BCUT2D eigenvalue weighted by Crippen LogP contribution is 2.20. The number of hydrogen-bond donors (Lipinski definition) is 1. The molecular formula is C16H26N2O3. The number of carbonyl (C=O) groups excluding carboxylic acids is 1. The molecule has 0 saturated carbocycles. The van der Waals surface area contributed by atoms with Crippen LogP contribution in [0.15, 0.2) is 16.7 Å². The van der Waals surface area contributed by atoms with Crippen LogP contribution in [0.4, 0.5) is 0 Å². The average Bonchev–Trinajstić information content (AvgIpc) is 2.95. The molecule has 118 valence electrons. The van der Waals surface area contributed by atoms with Gasteiger partial charge < -0.3 is 14.5 Å². The molecular weight excluding hydrogens is 268 g/mol. The number of nitrogens with one attached hydrogen (secondary N) is 1. The molecule has 0 aromatic carbocycles. The molecule has 0 radical (unpaired) electrons. The Morgan fingerprint density at radius 3 is 2.81 bits per heavy atom. The predicted octanol–water partition coefficient (Wildman–Crippen LogP) is 2.28. The van der Waals surface area contributed by atoms with E-state index in [1.165, 1.54) is 20.0 Å². The third-order valence-corrected chi connectivity index (χ3v) is 4.17. The molecule has 0 atom stereocenters. The van der Waals surface area contributed by atoms with E-state index in [1.807, 2.05) is 6.07 Å². The summed E-state index contributed by atoms with van der Waals surface area (Å²) in [5.74, 6) is 0.649. The number of carbonyl (C=O) groups is 1. The summed E-state index contributed by atoms with van der Waals surface area (Å²) < 4.78 is 10.0. The lowest BCUT2D eigenvalue weighted by Crippen LogP contribution is -2.39. The molecule has 5 heteroatoms. The highest BCUT2D eigenvalue weighted by Gasteiger charge is 2.22.